The lowest BCUT2D eigenvalue weighted by Gasteiger charge is -2.15. The molecule has 1 aromatic carbocycles. The third kappa shape index (κ3) is 2.50. The van der Waals surface area contributed by atoms with E-state index in [0.29, 0.717) is 21.2 Å². The fraction of sp³-hybridized carbons (Fsp3) is 0.143. The molecule has 0 bridgehead atoms. The summed E-state index contributed by atoms with van der Waals surface area (Å²) < 4.78 is 1.59. The lowest BCUT2D eigenvalue weighted by atomic mass is 10.1. The van der Waals surface area contributed by atoms with Crippen LogP contribution in [0.5, 0.6) is 0 Å². The maximum absolute atomic E-state index is 9.19. The summed E-state index contributed by atoms with van der Waals surface area (Å²) in [7, 11) is 0. The van der Waals surface area contributed by atoms with E-state index in [1.165, 1.54) is 6.20 Å². The van der Waals surface area contributed by atoms with Crippen LogP contribution in [0.25, 0.3) is 11.2 Å². The minimum atomic E-state index is -0.262. The van der Waals surface area contributed by atoms with Gasteiger partial charge in [0.2, 0.25) is 0 Å². The molecule has 0 saturated carbocycles. The molecular weight excluding hydrogens is 345 g/mol. The van der Waals surface area contributed by atoms with Crippen molar-refractivity contribution in [2.75, 3.05) is 0 Å². The predicted octanol–water partition coefficient (Wildman–Crippen LogP) is 4.27. The molecule has 5 nitrogen and oxygen atoms in total. The molecule has 0 saturated heterocycles. The monoisotopic (exact) mass is 351 g/mol. The number of rotatable bonds is 2. The highest BCUT2D eigenvalue weighted by atomic mass is 35.5. The average Bonchev–Trinajstić information content (AvgIpc) is 2.84. The van der Waals surface area contributed by atoms with Gasteiger partial charge in [0.05, 0.1) is 12.2 Å². The van der Waals surface area contributed by atoms with Crippen LogP contribution < -0.4 is 0 Å². The quantitative estimate of drug-likeness (QED) is 0.691. The molecule has 0 N–H and O–H groups in total. The SMILES string of the molecule is C[C@H](c1ccc(Cl)cc1Cl)n1nc(C#N)c2ncc(Cl)nc21. The van der Waals surface area contributed by atoms with Gasteiger partial charge in [-0.15, -0.1) is 0 Å². The van der Waals surface area contributed by atoms with Gasteiger partial charge in [0.15, 0.2) is 11.3 Å². The maximum atomic E-state index is 9.19. The van der Waals surface area contributed by atoms with Crippen molar-refractivity contribution in [3.63, 3.8) is 0 Å². The standard InChI is InChI=1S/C14H8Cl3N5/c1-7(9-3-2-8(15)4-10(9)16)22-14-13(11(5-18)21-22)19-6-12(17)20-14/h2-4,6-7H,1H3/t7-/m1/s1. The van der Waals surface area contributed by atoms with Crippen molar-refractivity contribution >= 4 is 46.0 Å². The number of fused-ring (bicyclic) bond motifs is 1. The van der Waals surface area contributed by atoms with Crippen molar-refractivity contribution in [3.8, 4) is 6.07 Å². The molecule has 2 aromatic heterocycles. The number of nitriles is 1. The third-order valence-electron chi connectivity index (χ3n) is 3.26. The number of benzene rings is 1. The van der Waals surface area contributed by atoms with Gasteiger partial charge in [-0.05, 0) is 24.6 Å². The van der Waals surface area contributed by atoms with E-state index in [1.807, 2.05) is 19.1 Å². The number of halogens is 3. The van der Waals surface area contributed by atoms with E-state index in [0.717, 1.165) is 5.56 Å². The van der Waals surface area contributed by atoms with E-state index in [9.17, 15) is 5.26 Å². The highest BCUT2D eigenvalue weighted by Crippen LogP contribution is 2.30. The summed E-state index contributed by atoms with van der Waals surface area (Å²) in [5.74, 6) is 0. The van der Waals surface area contributed by atoms with Crippen LogP contribution in [0.3, 0.4) is 0 Å². The van der Waals surface area contributed by atoms with Gasteiger partial charge in [-0.25, -0.2) is 14.6 Å². The molecule has 3 rings (SSSR count). The summed E-state index contributed by atoms with van der Waals surface area (Å²) in [4.78, 5) is 8.35. The Labute approximate surface area is 141 Å². The topological polar surface area (TPSA) is 67.4 Å². The molecule has 110 valence electrons. The minimum Gasteiger partial charge on any atom is -0.247 e. The molecular formula is C14H8Cl3N5. The van der Waals surface area contributed by atoms with Gasteiger partial charge in [0.25, 0.3) is 0 Å². The molecule has 0 aliphatic heterocycles. The van der Waals surface area contributed by atoms with Crippen LogP contribution in [0.15, 0.2) is 24.4 Å². The highest BCUT2D eigenvalue weighted by Gasteiger charge is 2.20. The Bertz CT molecular complexity index is 913. The summed E-state index contributed by atoms with van der Waals surface area (Å²) in [5, 5.41) is 14.7. The Morgan fingerprint density at radius 3 is 2.73 bits per heavy atom. The zero-order valence-corrected chi connectivity index (χ0v) is 13.5. The Hall–Kier alpha value is -1.87. The minimum absolute atomic E-state index is 0.191. The number of nitrogens with zero attached hydrogens (tertiary/aromatic N) is 5. The summed E-state index contributed by atoms with van der Waals surface area (Å²) in [6.07, 6.45) is 1.39. The van der Waals surface area contributed by atoms with Crippen molar-refractivity contribution in [1.29, 1.82) is 5.26 Å². The first-order valence-electron chi connectivity index (χ1n) is 6.27. The van der Waals surface area contributed by atoms with E-state index >= 15 is 0 Å². The van der Waals surface area contributed by atoms with Crippen LogP contribution in [0, 0.1) is 11.3 Å². The average molecular weight is 353 g/mol. The van der Waals surface area contributed by atoms with Gasteiger partial charge in [-0.1, -0.05) is 40.9 Å². The molecule has 22 heavy (non-hydrogen) atoms. The molecule has 2 heterocycles. The first-order chi connectivity index (χ1) is 10.5. The van der Waals surface area contributed by atoms with E-state index < -0.39 is 0 Å². The molecule has 0 unspecified atom stereocenters. The summed E-state index contributed by atoms with van der Waals surface area (Å²) >= 11 is 18.1. The lowest BCUT2D eigenvalue weighted by Crippen LogP contribution is -2.10. The van der Waals surface area contributed by atoms with E-state index in [1.54, 1.807) is 16.8 Å². The normalized spacial score (nSPS) is 12.3. The molecule has 0 aliphatic carbocycles. The van der Waals surface area contributed by atoms with Crippen LogP contribution in [-0.2, 0) is 0 Å². The van der Waals surface area contributed by atoms with Gasteiger partial charge in [-0.3, -0.25) is 0 Å². The third-order valence-corrected chi connectivity index (χ3v) is 4.00. The summed E-state index contributed by atoms with van der Waals surface area (Å²) in [6, 6.07) is 6.96. The predicted molar refractivity (Wildman–Crippen MR) is 85.3 cm³/mol. The van der Waals surface area contributed by atoms with Crippen LogP contribution in [0.1, 0.15) is 24.2 Å². The molecule has 0 aliphatic rings. The number of aromatic nitrogens is 4. The van der Waals surface area contributed by atoms with E-state index in [2.05, 4.69) is 15.1 Å². The number of hydrogen-bond donors (Lipinski definition) is 0. The summed E-state index contributed by atoms with van der Waals surface area (Å²) in [5.41, 5.74) is 1.84. The second-order valence-corrected chi connectivity index (χ2v) is 5.84. The molecule has 1 atom stereocenters. The molecule has 0 fully saturated rings. The Morgan fingerprint density at radius 1 is 1.27 bits per heavy atom. The second kappa shape index (κ2) is 5.73. The van der Waals surface area contributed by atoms with Crippen LogP contribution >= 0.6 is 34.8 Å². The second-order valence-electron chi connectivity index (χ2n) is 4.61. The fourth-order valence-corrected chi connectivity index (χ4v) is 2.90. The van der Waals surface area contributed by atoms with Gasteiger partial charge in [0.1, 0.15) is 16.7 Å². The molecule has 8 heteroatoms. The van der Waals surface area contributed by atoms with Crippen molar-refractivity contribution < 1.29 is 0 Å². The zero-order chi connectivity index (χ0) is 15.9. The highest BCUT2D eigenvalue weighted by molar-refractivity contribution is 6.35. The first-order valence-corrected chi connectivity index (χ1v) is 7.40. The fourth-order valence-electron chi connectivity index (χ4n) is 2.21. The van der Waals surface area contributed by atoms with Gasteiger partial charge < -0.3 is 0 Å². The Kier molecular flexibility index (Phi) is 3.92. The number of hydrogen-bond acceptors (Lipinski definition) is 4. The zero-order valence-electron chi connectivity index (χ0n) is 11.3. The van der Waals surface area contributed by atoms with Crippen LogP contribution in [0.4, 0.5) is 0 Å². The molecule has 0 radical (unpaired) electrons. The van der Waals surface area contributed by atoms with Crippen molar-refractivity contribution in [3.05, 3.63) is 50.9 Å². The maximum Gasteiger partial charge on any atom is 0.190 e. The van der Waals surface area contributed by atoms with E-state index in [4.69, 9.17) is 34.8 Å². The smallest absolute Gasteiger partial charge is 0.190 e. The van der Waals surface area contributed by atoms with Crippen LogP contribution in [-0.4, -0.2) is 19.7 Å². The van der Waals surface area contributed by atoms with Gasteiger partial charge in [-0.2, -0.15) is 10.4 Å². The first kappa shape index (κ1) is 15.0. The lowest BCUT2D eigenvalue weighted by molar-refractivity contribution is 0.577. The van der Waals surface area contributed by atoms with Gasteiger partial charge in [0, 0.05) is 10.0 Å². The van der Waals surface area contributed by atoms with E-state index in [-0.39, 0.29) is 16.9 Å². The van der Waals surface area contributed by atoms with Crippen molar-refractivity contribution in [2.45, 2.75) is 13.0 Å². The molecule has 0 spiro atoms. The molecule has 0 amide bonds. The van der Waals surface area contributed by atoms with Crippen LogP contribution in [0.2, 0.25) is 15.2 Å². The van der Waals surface area contributed by atoms with Crippen molar-refractivity contribution in [1.82, 2.24) is 19.7 Å². The summed E-state index contributed by atoms with van der Waals surface area (Å²) in [6.45, 7) is 1.89. The largest absolute Gasteiger partial charge is 0.247 e. The van der Waals surface area contributed by atoms with Gasteiger partial charge >= 0.3 is 0 Å². The van der Waals surface area contributed by atoms with Crippen molar-refractivity contribution in [2.24, 2.45) is 0 Å². The Morgan fingerprint density at radius 2 is 2.05 bits per heavy atom. The molecule has 3 aromatic rings. The Balaban J connectivity index is 2.21.